The van der Waals surface area contributed by atoms with Gasteiger partial charge in [0.2, 0.25) is 11.8 Å². The zero-order valence-corrected chi connectivity index (χ0v) is 15.2. The number of hydrogen-bond acceptors (Lipinski definition) is 3. The first-order valence-corrected chi connectivity index (χ1v) is 8.60. The predicted octanol–water partition coefficient (Wildman–Crippen LogP) is 3.28. The first kappa shape index (κ1) is 17.5. The Morgan fingerprint density at radius 3 is 2.80 bits per heavy atom. The third kappa shape index (κ3) is 3.54. The second-order valence-corrected chi connectivity index (χ2v) is 7.04. The van der Waals surface area contributed by atoms with Gasteiger partial charge in [-0.1, -0.05) is 23.7 Å². The molecule has 3 rings (SSSR count). The number of anilines is 1. The number of carbonyl (C=O) groups excluding carboxylic acids is 2. The molecular formula is C18H21ClN4O2. The number of amides is 2. The van der Waals surface area contributed by atoms with Gasteiger partial charge in [0.1, 0.15) is 0 Å². The molecule has 0 aliphatic carbocycles. The summed E-state index contributed by atoms with van der Waals surface area (Å²) in [5, 5.41) is 7.69. The van der Waals surface area contributed by atoms with Crippen LogP contribution in [-0.2, 0) is 9.59 Å². The van der Waals surface area contributed by atoms with Gasteiger partial charge in [0, 0.05) is 30.7 Å². The predicted molar refractivity (Wildman–Crippen MR) is 96.3 cm³/mol. The average Bonchev–Trinajstić information content (AvgIpc) is 3.13. The summed E-state index contributed by atoms with van der Waals surface area (Å²) < 4.78 is 1.77. The molecule has 0 bridgehead atoms. The Morgan fingerprint density at radius 1 is 1.40 bits per heavy atom. The Morgan fingerprint density at radius 2 is 2.16 bits per heavy atom. The molecule has 1 N–H and O–H groups in total. The van der Waals surface area contributed by atoms with Crippen molar-refractivity contribution in [3.8, 4) is 0 Å². The molecular weight excluding hydrogens is 340 g/mol. The van der Waals surface area contributed by atoms with Crippen molar-refractivity contribution < 1.29 is 9.59 Å². The lowest BCUT2D eigenvalue weighted by atomic mass is 9.93. The summed E-state index contributed by atoms with van der Waals surface area (Å²) in [6, 6.07) is 7.18. The smallest absolute Gasteiger partial charge is 0.230 e. The Bertz CT molecular complexity index is 802. The van der Waals surface area contributed by atoms with Crippen molar-refractivity contribution in [1.29, 1.82) is 0 Å². The van der Waals surface area contributed by atoms with E-state index in [1.165, 1.54) is 0 Å². The number of halogens is 1. The Balaban J connectivity index is 1.83. The van der Waals surface area contributed by atoms with Gasteiger partial charge in [0.05, 0.1) is 23.8 Å². The van der Waals surface area contributed by atoms with Crippen LogP contribution in [0.2, 0.25) is 5.02 Å². The monoisotopic (exact) mass is 360 g/mol. The lowest BCUT2D eigenvalue weighted by Crippen LogP contribution is -2.29. The molecule has 0 spiro atoms. The maximum Gasteiger partial charge on any atom is 0.230 e. The molecule has 0 saturated carbocycles. The molecule has 2 atom stereocenters. The number of aromatic nitrogens is 2. The van der Waals surface area contributed by atoms with Crippen molar-refractivity contribution in [1.82, 2.24) is 14.7 Å². The van der Waals surface area contributed by atoms with Crippen LogP contribution >= 0.6 is 11.6 Å². The van der Waals surface area contributed by atoms with Crippen molar-refractivity contribution in [2.24, 2.45) is 5.92 Å². The number of benzene rings is 1. The van der Waals surface area contributed by atoms with E-state index < -0.39 is 5.92 Å². The molecule has 2 heterocycles. The van der Waals surface area contributed by atoms with Gasteiger partial charge in [-0.15, -0.1) is 0 Å². The minimum Gasteiger partial charge on any atom is -0.338 e. The van der Waals surface area contributed by atoms with Crippen molar-refractivity contribution >= 4 is 29.1 Å². The second kappa shape index (κ2) is 6.88. The lowest BCUT2D eigenvalue weighted by molar-refractivity contribution is -0.127. The number of carbonyl (C=O) groups is 2. The summed E-state index contributed by atoms with van der Waals surface area (Å²) in [5.41, 5.74) is 1.49. The molecule has 1 fully saturated rings. The van der Waals surface area contributed by atoms with Crippen molar-refractivity contribution in [3.63, 3.8) is 0 Å². The summed E-state index contributed by atoms with van der Waals surface area (Å²) in [4.78, 5) is 26.6. The standard InChI is InChI=1S/C18H21ClN4O2/c1-11(2)23-10-14(9-20-23)21-18(25)15-8-16(24)22(3)17(15)12-5-4-6-13(19)7-12/h4-7,9-11,15,17H,8H2,1-3H3,(H,21,25). The first-order chi connectivity index (χ1) is 11.9. The van der Waals surface area contributed by atoms with Crippen LogP contribution in [0.5, 0.6) is 0 Å². The normalized spacial score (nSPS) is 20.4. The Hall–Kier alpha value is -2.34. The Kier molecular flexibility index (Phi) is 4.81. The maximum atomic E-state index is 12.8. The van der Waals surface area contributed by atoms with E-state index in [-0.39, 0.29) is 30.3 Å². The summed E-state index contributed by atoms with van der Waals surface area (Å²) in [7, 11) is 1.72. The van der Waals surface area contributed by atoms with E-state index in [0.717, 1.165) is 5.56 Å². The van der Waals surface area contributed by atoms with E-state index >= 15 is 0 Å². The van der Waals surface area contributed by atoms with Crippen molar-refractivity contribution in [2.75, 3.05) is 12.4 Å². The topological polar surface area (TPSA) is 67.2 Å². The van der Waals surface area contributed by atoms with Crippen molar-refractivity contribution in [2.45, 2.75) is 32.4 Å². The van der Waals surface area contributed by atoms with E-state index in [4.69, 9.17) is 11.6 Å². The number of rotatable bonds is 4. The zero-order chi connectivity index (χ0) is 18.1. The number of nitrogens with one attached hydrogen (secondary N) is 1. The molecule has 1 aromatic heterocycles. The van der Waals surface area contributed by atoms with Gasteiger partial charge in [0.25, 0.3) is 0 Å². The summed E-state index contributed by atoms with van der Waals surface area (Å²) >= 11 is 6.08. The average molecular weight is 361 g/mol. The van der Waals surface area contributed by atoms with Crippen LogP contribution in [0, 0.1) is 5.92 Å². The molecule has 7 heteroatoms. The van der Waals surface area contributed by atoms with Gasteiger partial charge in [-0.3, -0.25) is 14.3 Å². The molecule has 2 aromatic rings. The number of nitrogens with zero attached hydrogens (tertiary/aromatic N) is 3. The van der Waals surface area contributed by atoms with E-state index in [2.05, 4.69) is 10.4 Å². The van der Waals surface area contributed by atoms with Crippen LogP contribution in [0.4, 0.5) is 5.69 Å². The number of likely N-dealkylation sites (tertiary alicyclic amines) is 1. The lowest BCUT2D eigenvalue weighted by Gasteiger charge is -2.25. The first-order valence-electron chi connectivity index (χ1n) is 8.23. The molecule has 25 heavy (non-hydrogen) atoms. The molecule has 2 unspecified atom stereocenters. The quantitative estimate of drug-likeness (QED) is 0.909. The van der Waals surface area contributed by atoms with Crippen LogP contribution in [0.25, 0.3) is 0 Å². The third-order valence-electron chi connectivity index (χ3n) is 4.51. The van der Waals surface area contributed by atoms with Crippen LogP contribution in [-0.4, -0.2) is 33.5 Å². The molecule has 0 radical (unpaired) electrons. The van der Waals surface area contributed by atoms with E-state index in [1.807, 2.05) is 26.0 Å². The third-order valence-corrected chi connectivity index (χ3v) is 4.75. The SMILES string of the molecule is CC(C)n1cc(NC(=O)C2CC(=O)N(C)C2c2cccc(Cl)c2)cn1. The fraction of sp³-hybridized carbons (Fsp3) is 0.389. The van der Waals surface area contributed by atoms with Crippen LogP contribution in [0.1, 0.15) is 37.9 Å². The van der Waals surface area contributed by atoms with Gasteiger partial charge in [-0.05, 0) is 31.5 Å². The van der Waals surface area contributed by atoms with Gasteiger partial charge in [0.15, 0.2) is 0 Å². The van der Waals surface area contributed by atoms with Crippen LogP contribution < -0.4 is 5.32 Å². The molecule has 6 nitrogen and oxygen atoms in total. The summed E-state index contributed by atoms with van der Waals surface area (Å²) in [5.74, 6) is -0.715. The highest BCUT2D eigenvalue weighted by Crippen LogP contribution is 2.38. The molecule has 2 amide bonds. The second-order valence-electron chi connectivity index (χ2n) is 6.61. The fourth-order valence-corrected chi connectivity index (χ4v) is 3.37. The van der Waals surface area contributed by atoms with Gasteiger partial charge in [-0.2, -0.15) is 5.10 Å². The van der Waals surface area contributed by atoms with E-state index in [0.29, 0.717) is 10.7 Å². The minimum absolute atomic E-state index is 0.0528. The molecule has 1 saturated heterocycles. The van der Waals surface area contributed by atoms with Gasteiger partial charge in [-0.25, -0.2) is 0 Å². The molecule has 1 aromatic carbocycles. The van der Waals surface area contributed by atoms with E-state index in [9.17, 15) is 9.59 Å². The van der Waals surface area contributed by atoms with Crippen molar-refractivity contribution in [3.05, 3.63) is 47.2 Å². The summed E-state index contributed by atoms with van der Waals surface area (Å²) in [6.45, 7) is 4.02. The van der Waals surface area contributed by atoms with Crippen LogP contribution in [0.3, 0.4) is 0 Å². The van der Waals surface area contributed by atoms with Gasteiger partial charge >= 0.3 is 0 Å². The maximum absolute atomic E-state index is 12.8. The highest BCUT2D eigenvalue weighted by atomic mass is 35.5. The fourth-order valence-electron chi connectivity index (χ4n) is 3.17. The number of hydrogen-bond donors (Lipinski definition) is 1. The molecule has 132 valence electrons. The van der Waals surface area contributed by atoms with Gasteiger partial charge < -0.3 is 10.2 Å². The zero-order valence-electron chi connectivity index (χ0n) is 14.4. The molecule has 1 aliphatic heterocycles. The highest BCUT2D eigenvalue weighted by Gasteiger charge is 2.42. The highest BCUT2D eigenvalue weighted by molar-refractivity contribution is 6.30. The van der Waals surface area contributed by atoms with E-state index in [1.54, 1.807) is 41.2 Å². The molecule has 1 aliphatic rings. The minimum atomic E-state index is -0.474. The Labute approximate surface area is 151 Å². The van der Waals surface area contributed by atoms with Crippen LogP contribution in [0.15, 0.2) is 36.7 Å². The largest absolute Gasteiger partial charge is 0.338 e. The summed E-state index contributed by atoms with van der Waals surface area (Å²) in [6.07, 6.45) is 3.59.